The van der Waals surface area contributed by atoms with Crippen molar-refractivity contribution < 1.29 is 23.7 Å². The van der Waals surface area contributed by atoms with Gasteiger partial charge in [0.25, 0.3) is 0 Å². The number of nitrogens with zero attached hydrogens (tertiary/aromatic N) is 1. The first-order valence-corrected chi connectivity index (χ1v) is 7.70. The molecule has 6 heteroatoms. The summed E-state index contributed by atoms with van der Waals surface area (Å²) in [6, 6.07) is 0.417. The molecule has 2 aliphatic rings. The van der Waals surface area contributed by atoms with Crippen molar-refractivity contribution in [1.82, 2.24) is 4.90 Å². The van der Waals surface area contributed by atoms with E-state index in [1.807, 2.05) is 0 Å². The Morgan fingerprint density at radius 1 is 1.33 bits per heavy atom. The number of carbonyl (C=O) groups is 1. The average molecular weight is 301 g/mol. The molecule has 2 rings (SSSR count). The highest BCUT2D eigenvalue weighted by Crippen LogP contribution is 2.34. The van der Waals surface area contributed by atoms with Crippen LogP contribution in [0.1, 0.15) is 25.7 Å². The van der Waals surface area contributed by atoms with Gasteiger partial charge in [0, 0.05) is 45.9 Å². The summed E-state index contributed by atoms with van der Waals surface area (Å²) in [6.07, 6.45) is 3.35. The highest BCUT2D eigenvalue weighted by atomic mass is 16.6. The van der Waals surface area contributed by atoms with Crippen molar-refractivity contribution in [3.63, 3.8) is 0 Å². The minimum atomic E-state index is -0.164. The largest absolute Gasteiger partial charge is 0.469 e. The minimum absolute atomic E-state index is 0.112. The number of methoxy groups -OCH3 is 2. The van der Waals surface area contributed by atoms with Crippen molar-refractivity contribution in [2.24, 2.45) is 0 Å². The topological polar surface area (TPSA) is 57.2 Å². The van der Waals surface area contributed by atoms with Gasteiger partial charge in [-0.3, -0.25) is 9.69 Å². The highest BCUT2D eigenvalue weighted by molar-refractivity contribution is 5.69. The molecule has 2 fully saturated rings. The summed E-state index contributed by atoms with van der Waals surface area (Å²) < 4.78 is 21.4. The lowest BCUT2D eigenvalue weighted by molar-refractivity contribution is -0.141. The summed E-state index contributed by atoms with van der Waals surface area (Å²) in [4.78, 5) is 13.7. The monoisotopic (exact) mass is 301 g/mol. The molecule has 1 spiro atoms. The van der Waals surface area contributed by atoms with Crippen molar-refractivity contribution >= 4 is 5.97 Å². The summed E-state index contributed by atoms with van der Waals surface area (Å²) in [5, 5.41) is 0. The van der Waals surface area contributed by atoms with Crippen molar-refractivity contribution in [1.29, 1.82) is 0 Å². The first-order valence-electron chi connectivity index (χ1n) is 7.70. The zero-order valence-electron chi connectivity index (χ0n) is 13.1. The van der Waals surface area contributed by atoms with E-state index in [0.29, 0.717) is 32.2 Å². The van der Waals surface area contributed by atoms with Crippen molar-refractivity contribution in [3.8, 4) is 0 Å². The van der Waals surface area contributed by atoms with E-state index in [1.54, 1.807) is 7.11 Å². The molecule has 0 amide bonds. The second kappa shape index (κ2) is 8.08. The van der Waals surface area contributed by atoms with E-state index in [0.717, 1.165) is 39.0 Å². The molecule has 0 aromatic heterocycles. The number of hydrogen-bond acceptors (Lipinski definition) is 6. The van der Waals surface area contributed by atoms with Gasteiger partial charge in [0.2, 0.25) is 0 Å². The number of carbonyl (C=O) groups excluding carboxylic acids is 1. The Hall–Kier alpha value is -0.690. The zero-order valence-corrected chi connectivity index (χ0v) is 13.1. The van der Waals surface area contributed by atoms with E-state index in [9.17, 15) is 4.79 Å². The van der Waals surface area contributed by atoms with E-state index < -0.39 is 0 Å². The molecule has 2 saturated heterocycles. The lowest BCUT2D eigenvalue weighted by Gasteiger charge is -2.42. The van der Waals surface area contributed by atoms with Crippen LogP contribution in [0.3, 0.4) is 0 Å². The maximum atomic E-state index is 11.4. The first kappa shape index (κ1) is 16.7. The Balaban J connectivity index is 1.92. The van der Waals surface area contributed by atoms with Crippen LogP contribution in [0.25, 0.3) is 0 Å². The molecule has 0 saturated carbocycles. The minimum Gasteiger partial charge on any atom is -0.469 e. The second-order valence-corrected chi connectivity index (χ2v) is 5.84. The van der Waals surface area contributed by atoms with Crippen LogP contribution in [0, 0.1) is 0 Å². The van der Waals surface area contributed by atoms with Crippen molar-refractivity contribution in [2.45, 2.75) is 37.3 Å². The van der Waals surface area contributed by atoms with Gasteiger partial charge in [-0.15, -0.1) is 0 Å². The predicted octanol–water partition coefficient (Wildman–Crippen LogP) is 0.836. The molecule has 122 valence electrons. The normalized spacial score (nSPS) is 29.2. The van der Waals surface area contributed by atoms with Gasteiger partial charge in [0.05, 0.1) is 32.3 Å². The smallest absolute Gasteiger partial charge is 0.306 e. The Kier molecular flexibility index (Phi) is 6.41. The van der Waals surface area contributed by atoms with Crippen LogP contribution < -0.4 is 0 Å². The van der Waals surface area contributed by atoms with Crippen LogP contribution >= 0.6 is 0 Å². The van der Waals surface area contributed by atoms with Crippen LogP contribution in [0.4, 0.5) is 0 Å². The van der Waals surface area contributed by atoms with E-state index in [4.69, 9.17) is 18.9 Å². The Labute approximate surface area is 126 Å². The fourth-order valence-corrected chi connectivity index (χ4v) is 3.20. The number of ether oxygens (including phenoxy) is 4. The van der Waals surface area contributed by atoms with Crippen molar-refractivity contribution in [2.75, 3.05) is 53.7 Å². The predicted molar refractivity (Wildman–Crippen MR) is 77.2 cm³/mol. The molecule has 2 unspecified atom stereocenters. The van der Waals surface area contributed by atoms with Gasteiger partial charge in [-0.1, -0.05) is 0 Å². The van der Waals surface area contributed by atoms with Crippen LogP contribution in [-0.4, -0.2) is 76.2 Å². The highest BCUT2D eigenvalue weighted by Gasteiger charge is 2.42. The lowest BCUT2D eigenvalue weighted by Crippen LogP contribution is -2.50. The molecule has 21 heavy (non-hydrogen) atoms. The molecule has 2 heterocycles. The van der Waals surface area contributed by atoms with Crippen LogP contribution in [0.5, 0.6) is 0 Å². The van der Waals surface area contributed by atoms with Gasteiger partial charge in [-0.2, -0.15) is 0 Å². The average Bonchev–Trinajstić information content (AvgIpc) is 2.94. The van der Waals surface area contributed by atoms with E-state index >= 15 is 0 Å². The molecule has 2 aliphatic heterocycles. The van der Waals surface area contributed by atoms with Gasteiger partial charge >= 0.3 is 5.97 Å². The third-order valence-electron chi connectivity index (χ3n) is 4.46. The standard InChI is InChI=1S/C15H27NO5/c1-18-10-7-16(6-3-14(17)19-2)13-4-8-21-15(11-13)5-9-20-12-15/h13H,3-12H2,1-2H3. The van der Waals surface area contributed by atoms with Gasteiger partial charge in [0.1, 0.15) is 0 Å². The molecular weight excluding hydrogens is 274 g/mol. The third kappa shape index (κ3) is 4.64. The number of hydrogen-bond donors (Lipinski definition) is 0. The molecule has 2 atom stereocenters. The molecule has 0 aromatic rings. The van der Waals surface area contributed by atoms with Crippen LogP contribution in [-0.2, 0) is 23.7 Å². The molecule has 0 aromatic carbocycles. The first-order chi connectivity index (χ1) is 10.2. The summed E-state index contributed by atoms with van der Waals surface area (Å²) in [7, 11) is 3.13. The fraction of sp³-hybridized carbons (Fsp3) is 0.933. The fourth-order valence-electron chi connectivity index (χ4n) is 3.20. The van der Waals surface area contributed by atoms with Crippen LogP contribution in [0.2, 0.25) is 0 Å². The molecular formula is C15H27NO5. The quantitative estimate of drug-likeness (QED) is 0.649. The zero-order chi connectivity index (χ0) is 15.1. The molecule has 0 N–H and O–H groups in total. The van der Waals surface area contributed by atoms with Gasteiger partial charge in [-0.05, 0) is 12.8 Å². The number of esters is 1. The summed E-state index contributed by atoms with van der Waals surface area (Å²) in [6.45, 7) is 4.44. The maximum absolute atomic E-state index is 11.4. The summed E-state index contributed by atoms with van der Waals surface area (Å²) in [5.74, 6) is -0.164. The van der Waals surface area contributed by atoms with E-state index in [-0.39, 0.29) is 11.6 Å². The van der Waals surface area contributed by atoms with Crippen LogP contribution in [0.15, 0.2) is 0 Å². The second-order valence-electron chi connectivity index (χ2n) is 5.84. The Bertz CT molecular complexity index is 330. The number of rotatable bonds is 7. The lowest BCUT2D eigenvalue weighted by atomic mass is 9.88. The van der Waals surface area contributed by atoms with Gasteiger partial charge in [-0.25, -0.2) is 0 Å². The Morgan fingerprint density at radius 2 is 2.19 bits per heavy atom. The maximum Gasteiger partial charge on any atom is 0.306 e. The SMILES string of the molecule is COCCN(CCC(=O)OC)C1CCOC2(CCOC2)C1. The molecule has 0 bridgehead atoms. The van der Waals surface area contributed by atoms with Gasteiger partial charge in [0.15, 0.2) is 0 Å². The third-order valence-corrected chi connectivity index (χ3v) is 4.46. The molecule has 0 aliphatic carbocycles. The Morgan fingerprint density at radius 3 is 2.86 bits per heavy atom. The van der Waals surface area contributed by atoms with Crippen molar-refractivity contribution in [3.05, 3.63) is 0 Å². The van der Waals surface area contributed by atoms with E-state index in [1.165, 1.54) is 7.11 Å². The van der Waals surface area contributed by atoms with Gasteiger partial charge < -0.3 is 18.9 Å². The van der Waals surface area contributed by atoms with E-state index in [2.05, 4.69) is 4.90 Å². The summed E-state index contributed by atoms with van der Waals surface area (Å²) in [5.41, 5.74) is -0.112. The molecule has 0 radical (unpaired) electrons. The summed E-state index contributed by atoms with van der Waals surface area (Å²) >= 11 is 0. The molecule has 6 nitrogen and oxygen atoms in total.